The molecule has 0 atom stereocenters. The number of rotatable bonds is 6. The molecule has 3 rings (SSSR count). The molecule has 1 aliphatic rings. The molecule has 0 saturated heterocycles. The monoisotopic (exact) mass is 313 g/mol. The van der Waals surface area contributed by atoms with E-state index >= 15 is 0 Å². The van der Waals surface area contributed by atoms with Gasteiger partial charge in [-0.1, -0.05) is 17.3 Å². The molecule has 1 saturated carbocycles. The Hall–Kier alpha value is -2.63. The first-order valence-corrected chi connectivity index (χ1v) is 7.70. The molecule has 1 aliphatic carbocycles. The Morgan fingerprint density at radius 2 is 1.91 bits per heavy atom. The van der Waals surface area contributed by atoms with Crippen molar-refractivity contribution in [3.8, 4) is 0 Å². The van der Waals surface area contributed by atoms with Crippen molar-refractivity contribution in [1.29, 1.82) is 0 Å². The number of nitrogens with zero attached hydrogens (tertiary/aromatic N) is 1. The van der Waals surface area contributed by atoms with Crippen molar-refractivity contribution in [2.24, 2.45) is 5.92 Å². The van der Waals surface area contributed by atoms with Gasteiger partial charge < -0.3 is 15.2 Å². The fourth-order valence-corrected chi connectivity index (χ4v) is 2.18. The number of aryl methyl sites for hydroxylation is 1. The standard InChI is InChI=1S/C17H19N3O3/c1-11-8-15(20-23-11)17(22)19-10-13-4-6-14(7-5-13)16(21)18-9-12-2-3-12/h4-8,12H,2-3,9-10H2,1H3,(H,18,21)(H,19,22). The third kappa shape index (κ3) is 4.18. The van der Waals surface area contributed by atoms with Gasteiger partial charge >= 0.3 is 0 Å². The number of nitrogens with one attached hydrogen (secondary N) is 2. The summed E-state index contributed by atoms with van der Waals surface area (Å²) in [6.07, 6.45) is 2.42. The Morgan fingerprint density at radius 1 is 1.17 bits per heavy atom. The molecule has 2 N–H and O–H groups in total. The highest BCUT2D eigenvalue weighted by molar-refractivity contribution is 5.94. The summed E-state index contributed by atoms with van der Waals surface area (Å²) in [5.74, 6) is 0.920. The van der Waals surface area contributed by atoms with Crippen LogP contribution in [0.4, 0.5) is 0 Å². The minimum absolute atomic E-state index is 0.0504. The van der Waals surface area contributed by atoms with Gasteiger partial charge in [0.15, 0.2) is 5.69 Å². The van der Waals surface area contributed by atoms with Crippen molar-refractivity contribution in [2.45, 2.75) is 26.3 Å². The second kappa shape index (κ2) is 6.64. The summed E-state index contributed by atoms with van der Waals surface area (Å²) >= 11 is 0. The van der Waals surface area contributed by atoms with E-state index in [-0.39, 0.29) is 17.5 Å². The van der Waals surface area contributed by atoms with Crippen molar-refractivity contribution in [3.05, 3.63) is 52.9 Å². The lowest BCUT2D eigenvalue weighted by molar-refractivity contribution is 0.0936. The van der Waals surface area contributed by atoms with E-state index in [1.54, 1.807) is 25.1 Å². The lowest BCUT2D eigenvalue weighted by atomic mass is 10.1. The van der Waals surface area contributed by atoms with E-state index in [0.717, 1.165) is 12.1 Å². The second-order valence-corrected chi connectivity index (χ2v) is 5.86. The van der Waals surface area contributed by atoms with Gasteiger partial charge in [-0.2, -0.15) is 0 Å². The van der Waals surface area contributed by atoms with Crippen LogP contribution in [-0.2, 0) is 6.54 Å². The van der Waals surface area contributed by atoms with Gasteiger partial charge in [-0.25, -0.2) is 0 Å². The van der Waals surface area contributed by atoms with Crippen LogP contribution in [0, 0.1) is 12.8 Å². The van der Waals surface area contributed by atoms with Crippen molar-refractivity contribution in [2.75, 3.05) is 6.54 Å². The largest absolute Gasteiger partial charge is 0.361 e. The molecule has 0 radical (unpaired) electrons. The molecule has 0 aliphatic heterocycles. The summed E-state index contributed by atoms with van der Waals surface area (Å²) in [7, 11) is 0. The van der Waals surface area contributed by atoms with Gasteiger partial charge in [-0.05, 0) is 43.4 Å². The van der Waals surface area contributed by atoms with Crippen LogP contribution in [0.25, 0.3) is 0 Å². The van der Waals surface area contributed by atoms with E-state index in [9.17, 15) is 9.59 Å². The molecule has 1 aromatic heterocycles. The molecule has 0 bridgehead atoms. The van der Waals surface area contributed by atoms with Crippen LogP contribution in [0.3, 0.4) is 0 Å². The molecule has 6 heteroatoms. The number of aromatic nitrogens is 1. The zero-order valence-corrected chi connectivity index (χ0v) is 13.0. The van der Waals surface area contributed by atoms with Gasteiger partial charge in [0.25, 0.3) is 11.8 Å². The minimum atomic E-state index is -0.284. The Kier molecular flexibility index (Phi) is 4.41. The van der Waals surface area contributed by atoms with Crippen LogP contribution in [0.2, 0.25) is 0 Å². The van der Waals surface area contributed by atoms with Crippen molar-refractivity contribution in [3.63, 3.8) is 0 Å². The van der Waals surface area contributed by atoms with Crippen molar-refractivity contribution < 1.29 is 14.1 Å². The molecule has 23 heavy (non-hydrogen) atoms. The average molecular weight is 313 g/mol. The lowest BCUT2D eigenvalue weighted by Crippen LogP contribution is -2.25. The number of hydrogen-bond donors (Lipinski definition) is 2. The zero-order valence-electron chi connectivity index (χ0n) is 13.0. The van der Waals surface area contributed by atoms with Crippen LogP contribution >= 0.6 is 0 Å². The van der Waals surface area contributed by atoms with E-state index in [0.29, 0.717) is 23.8 Å². The Morgan fingerprint density at radius 3 is 2.52 bits per heavy atom. The summed E-state index contributed by atoms with van der Waals surface area (Å²) in [4.78, 5) is 23.8. The highest BCUT2D eigenvalue weighted by Crippen LogP contribution is 2.27. The molecule has 0 unspecified atom stereocenters. The molecule has 6 nitrogen and oxygen atoms in total. The first kappa shape index (κ1) is 15.3. The smallest absolute Gasteiger partial charge is 0.273 e. The molecule has 0 spiro atoms. The third-order valence-electron chi connectivity index (χ3n) is 3.78. The zero-order chi connectivity index (χ0) is 16.2. The maximum atomic E-state index is 11.9. The molecule has 2 aromatic rings. The molecule has 2 amide bonds. The van der Waals surface area contributed by atoms with Gasteiger partial charge in [0.1, 0.15) is 5.76 Å². The first-order valence-electron chi connectivity index (χ1n) is 7.70. The van der Waals surface area contributed by atoms with Crippen molar-refractivity contribution in [1.82, 2.24) is 15.8 Å². The molecular weight excluding hydrogens is 294 g/mol. The lowest BCUT2D eigenvalue weighted by Gasteiger charge is -2.06. The summed E-state index contributed by atoms with van der Waals surface area (Å²) in [5, 5.41) is 9.36. The normalized spacial score (nSPS) is 13.6. The maximum Gasteiger partial charge on any atom is 0.273 e. The molecule has 1 fully saturated rings. The number of benzene rings is 1. The predicted molar refractivity (Wildman–Crippen MR) is 83.9 cm³/mol. The van der Waals surface area contributed by atoms with E-state index < -0.39 is 0 Å². The molecule has 120 valence electrons. The number of amides is 2. The van der Waals surface area contributed by atoms with Gasteiger partial charge in [-0.3, -0.25) is 9.59 Å². The van der Waals surface area contributed by atoms with Crippen LogP contribution in [0.15, 0.2) is 34.9 Å². The molecular formula is C17H19N3O3. The summed E-state index contributed by atoms with van der Waals surface area (Å²) in [6.45, 7) is 2.86. The number of carbonyl (C=O) groups excluding carboxylic acids is 2. The SMILES string of the molecule is Cc1cc(C(=O)NCc2ccc(C(=O)NCC3CC3)cc2)no1. The van der Waals surface area contributed by atoms with Gasteiger partial charge in [-0.15, -0.1) is 0 Å². The number of hydrogen-bond acceptors (Lipinski definition) is 4. The molecule has 1 heterocycles. The van der Waals surface area contributed by atoms with Crippen LogP contribution in [0.5, 0.6) is 0 Å². The number of carbonyl (C=O) groups is 2. The highest BCUT2D eigenvalue weighted by atomic mass is 16.5. The predicted octanol–water partition coefficient (Wildman–Crippen LogP) is 2.05. The Balaban J connectivity index is 1.50. The average Bonchev–Trinajstić information content (AvgIpc) is 3.30. The van der Waals surface area contributed by atoms with E-state index in [1.165, 1.54) is 12.8 Å². The quantitative estimate of drug-likeness (QED) is 0.855. The Bertz CT molecular complexity index is 702. The fraction of sp³-hybridized carbons (Fsp3) is 0.353. The third-order valence-corrected chi connectivity index (χ3v) is 3.78. The minimum Gasteiger partial charge on any atom is -0.361 e. The van der Waals surface area contributed by atoms with E-state index in [4.69, 9.17) is 4.52 Å². The van der Waals surface area contributed by atoms with E-state index in [1.807, 2.05) is 12.1 Å². The van der Waals surface area contributed by atoms with Crippen LogP contribution < -0.4 is 10.6 Å². The van der Waals surface area contributed by atoms with E-state index in [2.05, 4.69) is 15.8 Å². The van der Waals surface area contributed by atoms with Crippen molar-refractivity contribution >= 4 is 11.8 Å². The summed E-state index contributed by atoms with van der Waals surface area (Å²) in [5.41, 5.74) is 1.81. The van der Waals surface area contributed by atoms with Gasteiger partial charge in [0.05, 0.1) is 0 Å². The first-order chi connectivity index (χ1) is 11.1. The fourth-order valence-electron chi connectivity index (χ4n) is 2.18. The topological polar surface area (TPSA) is 84.2 Å². The summed E-state index contributed by atoms with van der Waals surface area (Å²) < 4.78 is 4.87. The Labute approximate surface area is 134 Å². The second-order valence-electron chi connectivity index (χ2n) is 5.86. The van der Waals surface area contributed by atoms with Crippen LogP contribution in [-0.4, -0.2) is 23.5 Å². The highest BCUT2D eigenvalue weighted by Gasteiger charge is 2.21. The van der Waals surface area contributed by atoms with Crippen LogP contribution in [0.1, 0.15) is 45.0 Å². The molecule has 1 aromatic carbocycles. The van der Waals surface area contributed by atoms with Gasteiger partial charge in [0.2, 0.25) is 0 Å². The van der Waals surface area contributed by atoms with Gasteiger partial charge in [0, 0.05) is 24.7 Å². The maximum absolute atomic E-state index is 11.9. The summed E-state index contributed by atoms with van der Waals surface area (Å²) in [6, 6.07) is 8.79.